The van der Waals surface area contributed by atoms with Crippen molar-refractivity contribution in [2.75, 3.05) is 6.61 Å². The van der Waals surface area contributed by atoms with Crippen LogP contribution in [0.3, 0.4) is 0 Å². The van der Waals surface area contributed by atoms with Crippen LogP contribution >= 0.6 is 0 Å². The predicted molar refractivity (Wildman–Crippen MR) is 45.8 cm³/mol. The van der Waals surface area contributed by atoms with Gasteiger partial charge in [0.1, 0.15) is 19.4 Å². The zero-order valence-electron chi connectivity index (χ0n) is 7.53. The minimum atomic E-state index is -0.190. The second-order valence-corrected chi connectivity index (χ2v) is 1.87. The van der Waals surface area contributed by atoms with Gasteiger partial charge in [-0.3, -0.25) is 0 Å². The van der Waals surface area contributed by atoms with Crippen LogP contribution in [0.1, 0.15) is 20.3 Å². The van der Waals surface area contributed by atoms with E-state index in [4.69, 9.17) is 9.90 Å². The first-order valence-corrected chi connectivity index (χ1v) is 3.51. The molecule has 0 spiro atoms. The molecular formula is C8H16O4. The average Bonchev–Trinajstić information content (AvgIpc) is 2.20. The summed E-state index contributed by atoms with van der Waals surface area (Å²) in [5, 5.41) is 8.10. The number of aldehydes is 2. The van der Waals surface area contributed by atoms with E-state index in [0.717, 1.165) is 12.6 Å². The zero-order valence-corrected chi connectivity index (χ0v) is 7.53. The third-order valence-electron chi connectivity index (χ3n) is 0.687. The average molecular weight is 176 g/mol. The fraction of sp³-hybridized carbons (Fsp3) is 0.625. The predicted octanol–water partition coefficient (Wildman–Crippen LogP) is 0.224. The van der Waals surface area contributed by atoms with Crippen molar-refractivity contribution in [1.82, 2.24) is 0 Å². The summed E-state index contributed by atoms with van der Waals surface area (Å²) < 4.78 is 0. The Bertz CT molecular complexity index is 93.1. The van der Waals surface area contributed by atoms with Gasteiger partial charge >= 0.3 is 0 Å². The van der Waals surface area contributed by atoms with Gasteiger partial charge in [-0.25, -0.2) is 0 Å². The van der Waals surface area contributed by atoms with Crippen molar-refractivity contribution in [2.45, 2.75) is 20.3 Å². The van der Waals surface area contributed by atoms with E-state index in [1.807, 2.05) is 13.7 Å². The molecule has 0 unspecified atom stereocenters. The fourth-order valence-electron chi connectivity index (χ4n) is 0.0430. The number of carbonyl (C=O) groups excluding carboxylic acids is 3. The number of hydrogen-bond acceptors (Lipinski definition) is 4. The number of rotatable bonds is 3. The molecule has 1 atom stereocenters. The number of hydrogen-bond donors (Lipinski definition) is 1. The molecule has 0 rings (SSSR count). The minimum absolute atomic E-state index is 0.0382. The lowest BCUT2D eigenvalue weighted by atomic mass is 10.2. The molecule has 0 aromatic carbocycles. The van der Waals surface area contributed by atoms with Crippen molar-refractivity contribution in [1.29, 1.82) is 0 Å². The second-order valence-electron chi connectivity index (χ2n) is 1.87. The van der Waals surface area contributed by atoms with Crippen LogP contribution < -0.4 is 0 Å². The Labute approximate surface area is 72.6 Å². The van der Waals surface area contributed by atoms with Gasteiger partial charge in [0.2, 0.25) is 0 Å². The summed E-state index contributed by atoms with van der Waals surface area (Å²) >= 11 is 0. The van der Waals surface area contributed by atoms with Crippen LogP contribution in [0.25, 0.3) is 0 Å². The van der Waals surface area contributed by atoms with Crippen LogP contribution in [0, 0.1) is 5.92 Å². The summed E-state index contributed by atoms with van der Waals surface area (Å²) in [6.07, 6.45) is 2.24. The molecule has 1 N–H and O–H groups in total. The highest BCUT2D eigenvalue weighted by Gasteiger charge is 1.90. The molecule has 0 fully saturated rings. The van der Waals surface area contributed by atoms with E-state index >= 15 is 0 Å². The van der Waals surface area contributed by atoms with Crippen molar-refractivity contribution in [3.8, 4) is 0 Å². The molecule has 72 valence electrons. The van der Waals surface area contributed by atoms with Gasteiger partial charge in [0.25, 0.3) is 0 Å². The quantitative estimate of drug-likeness (QED) is 0.624. The first kappa shape index (κ1) is 17.2. The summed E-state index contributed by atoms with van der Waals surface area (Å²) in [6, 6.07) is 0. The Morgan fingerprint density at radius 1 is 1.42 bits per heavy atom. The van der Waals surface area contributed by atoms with E-state index in [1.54, 1.807) is 6.92 Å². The monoisotopic (exact) mass is 176 g/mol. The van der Waals surface area contributed by atoms with Gasteiger partial charge < -0.3 is 19.5 Å². The number of carbonyl (C=O) groups is 3. The summed E-state index contributed by atoms with van der Waals surface area (Å²) in [7, 11) is 0. The maximum absolute atomic E-state index is 9.58. The number of aliphatic hydroxyl groups excluding tert-OH is 1. The smallest absolute Gasteiger partial charge is 0.125 e. The third kappa shape index (κ3) is 36.2. The molecule has 0 amide bonds. The third-order valence-corrected chi connectivity index (χ3v) is 0.687. The summed E-state index contributed by atoms with van der Waals surface area (Å²) in [6.45, 7) is 5.43. The van der Waals surface area contributed by atoms with Crippen LogP contribution in [0.15, 0.2) is 0 Å². The van der Waals surface area contributed by atoms with Crippen molar-refractivity contribution in [3.05, 3.63) is 0 Å². The molecule has 0 aliphatic heterocycles. The largest absolute Gasteiger partial charge is 0.396 e. The molecule has 0 aromatic rings. The van der Waals surface area contributed by atoms with Crippen LogP contribution in [-0.4, -0.2) is 31.1 Å². The van der Waals surface area contributed by atoms with Crippen molar-refractivity contribution in [2.24, 2.45) is 5.92 Å². The Kier molecular flexibility index (Phi) is 32.2. The molecule has 12 heavy (non-hydrogen) atoms. The van der Waals surface area contributed by atoms with Crippen molar-refractivity contribution < 1.29 is 19.5 Å². The molecule has 0 radical (unpaired) electrons. The van der Waals surface area contributed by atoms with Crippen molar-refractivity contribution in [3.63, 3.8) is 0 Å². The molecule has 0 bridgehead atoms. The normalized spacial score (nSPS) is 9.25. The molecule has 0 aromatic heterocycles. The molecule has 0 saturated heterocycles. The molecular weight excluding hydrogens is 160 g/mol. The SMILES string of the molecule is C=O.CCC=O.C[C@H](C=O)CO. The standard InChI is InChI=1S/C4H8O2.C3H6O.CH2O/c1-4(2-5)3-6;1-2-3-4;1-2/h2,4,6H,3H2,1H3;3H,2H2,1H3;1H2/t4-;;/m1../s1. The van der Waals surface area contributed by atoms with Crippen LogP contribution in [0.5, 0.6) is 0 Å². The van der Waals surface area contributed by atoms with Crippen molar-refractivity contribution >= 4 is 19.4 Å². The first-order valence-electron chi connectivity index (χ1n) is 3.51. The van der Waals surface area contributed by atoms with Gasteiger partial charge in [-0.05, 0) is 0 Å². The molecule has 4 heteroatoms. The van der Waals surface area contributed by atoms with Gasteiger partial charge in [0.15, 0.2) is 0 Å². The summed E-state index contributed by atoms with van der Waals surface area (Å²) in [5.74, 6) is -0.190. The first-order chi connectivity index (χ1) is 5.72. The molecule has 4 nitrogen and oxygen atoms in total. The van der Waals surface area contributed by atoms with Gasteiger partial charge in [-0.15, -0.1) is 0 Å². The minimum Gasteiger partial charge on any atom is -0.396 e. The Hall–Kier alpha value is -1.03. The van der Waals surface area contributed by atoms with E-state index in [-0.39, 0.29) is 12.5 Å². The van der Waals surface area contributed by atoms with E-state index in [9.17, 15) is 9.59 Å². The van der Waals surface area contributed by atoms with Gasteiger partial charge in [0.05, 0.1) is 6.61 Å². The lowest BCUT2D eigenvalue weighted by Crippen LogP contribution is -1.99. The molecule has 0 saturated carbocycles. The highest BCUT2D eigenvalue weighted by molar-refractivity contribution is 5.52. The maximum atomic E-state index is 9.58. The highest BCUT2D eigenvalue weighted by Crippen LogP contribution is 1.81. The second kappa shape index (κ2) is 22.5. The van der Waals surface area contributed by atoms with Crippen LogP contribution in [-0.2, 0) is 14.4 Å². The maximum Gasteiger partial charge on any atom is 0.125 e. The fourth-order valence-corrected chi connectivity index (χ4v) is 0.0430. The molecule has 0 heterocycles. The van der Waals surface area contributed by atoms with Crippen LogP contribution in [0.2, 0.25) is 0 Å². The lowest BCUT2D eigenvalue weighted by Gasteiger charge is -1.89. The Morgan fingerprint density at radius 2 is 1.75 bits per heavy atom. The van der Waals surface area contributed by atoms with Crippen LogP contribution in [0.4, 0.5) is 0 Å². The van der Waals surface area contributed by atoms with Gasteiger partial charge in [-0.2, -0.15) is 0 Å². The summed E-state index contributed by atoms with van der Waals surface area (Å²) in [4.78, 5) is 26.7. The lowest BCUT2D eigenvalue weighted by molar-refractivity contribution is -0.111. The van der Waals surface area contributed by atoms with Gasteiger partial charge in [0, 0.05) is 12.3 Å². The Morgan fingerprint density at radius 3 is 1.75 bits per heavy atom. The van der Waals surface area contributed by atoms with E-state index in [0.29, 0.717) is 6.42 Å². The highest BCUT2D eigenvalue weighted by atomic mass is 16.3. The van der Waals surface area contributed by atoms with Gasteiger partial charge in [-0.1, -0.05) is 13.8 Å². The zero-order chi connectivity index (χ0) is 10.4. The van der Waals surface area contributed by atoms with E-state index in [1.165, 1.54) is 0 Å². The van der Waals surface area contributed by atoms with E-state index in [2.05, 4.69) is 0 Å². The Balaban J connectivity index is -0.000000118. The van der Waals surface area contributed by atoms with E-state index < -0.39 is 0 Å². The molecule has 0 aliphatic carbocycles. The topological polar surface area (TPSA) is 71.4 Å². The summed E-state index contributed by atoms with van der Waals surface area (Å²) in [5.41, 5.74) is 0. The molecule has 0 aliphatic rings. The number of aliphatic hydroxyl groups is 1.